The lowest BCUT2D eigenvalue weighted by molar-refractivity contribution is 0.0615. The Hall–Kier alpha value is -0.120. The van der Waals surface area contributed by atoms with Crippen LogP contribution in [0.4, 0.5) is 0 Å². The number of hydrogen-bond acceptors (Lipinski definition) is 3. The molecule has 0 aromatic rings. The van der Waals surface area contributed by atoms with Crippen molar-refractivity contribution in [3.8, 4) is 0 Å². The molecule has 0 amide bonds. The standard InChI is InChI=1S/C12H27N3/c1-12(2)5-6-15(8-7-14(3)4)10-11(12)9-13/h11H,5-10,13H2,1-4H3. The Morgan fingerprint density at radius 1 is 1.40 bits per heavy atom. The van der Waals surface area contributed by atoms with Crippen LogP contribution in [0.25, 0.3) is 0 Å². The summed E-state index contributed by atoms with van der Waals surface area (Å²) in [6, 6.07) is 0. The van der Waals surface area contributed by atoms with Gasteiger partial charge in [0.1, 0.15) is 0 Å². The molecule has 3 nitrogen and oxygen atoms in total. The second-order valence-electron chi connectivity index (χ2n) is 5.78. The first-order valence-corrected chi connectivity index (χ1v) is 6.03. The van der Waals surface area contributed by atoms with E-state index in [2.05, 4.69) is 37.7 Å². The second kappa shape index (κ2) is 5.28. The van der Waals surface area contributed by atoms with Crippen LogP contribution in [0.1, 0.15) is 20.3 Å². The molecule has 1 aliphatic heterocycles. The van der Waals surface area contributed by atoms with E-state index in [9.17, 15) is 0 Å². The number of likely N-dealkylation sites (tertiary alicyclic amines) is 1. The lowest BCUT2D eigenvalue weighted by atomic mass is 9.73. The number of hydrogen-bond donors (Lipinski definition) is 1. The minimum absolute atomic E-state index is 0.434. The molecule has 1 rings (SSSR count). The predicted octanol–water partition coefficient (Wildman–Crippen LogP) is 0.855. The highest BCUT2D eigenvalue weighted by atomic mass is 15.2. The van der Waals surface area contributed by atoms with Crippen LogP contribution in [0, 0.1) is 11.3 Å². The van der Waals surface area contributed by atoms with Gasteiger partial charge in [0, 0.05) is 19.6 Å². The molecule has 0 aliphatic carbocycles. The maximum atomic E-state index is 5.86. The quantitative estimate of drug-likeness (QED) is 0.751. The van der Waals surface area contributed by atoms with Crippen molar-refractivity contribution in [2.24, 2.45) is 17.1 Å². The van der Waals surface area contributed by atoms with Gasteiger partial charge in [-0.3, -0.25) is 0 Å². The summed E-state index contributed by atoms with van der Waals surface area (Å²) in [5.74, 6) is 0.661. The summed E-state index contributed by atoms with van der Waals surface area (Å²) in [5.41, 5.74) is 6.29. The maximum absolute atomic E-state index is 5.86. The van der Waals surface area contributed by atoms with Crippen LogP contribution >= 0.6 is 0 Å². The molecule has 0 bridgehead atoms. The maximum Gasteiger partial charge on any atom is 0.0109 e. The van der Waals surface area contributed by atoms with Crippen molar-refractivity contribution in [2.75, 3.05) is 46.8 Å². The fraction of sp³-hybridized carbons (Fsp3) is 1.00. The molecule has 1 saturated heterocycles. The molecule has 3 heteroatoms. The number of likely N-dealkylation sites (N-methyl/N-ethyl adjacent to an activating group) is 1. The van der Waals surface area contributed by atoms with Crippen molar-refractivity contribution in [3.63, 3.8) is 0 Å². The average molecular weight is 213 g/mol. The fourth-order valence-electron chi connectivity index (χ4n) is 2.24. The summed E-state index contributed by atoms with van der Waals surface area (Å²) in [6.45, 7) is 10.3. The van der Waals surface area contributed by atoms with Crippen molar-refractivity contribution >= 4 is 0 Å². The van der Waals surface area contributed by atoms with E-state index in [-0.39, 0.29) is 0 Å². The van der Waals surface area contributed by atoms with E-state index < -0.39 is 0 Å². The third-order valence-corrected chi connectivity index (χ3v) is 3.80. The third-order valence-electron chi connectivity index (χ3n) is 3.80. The highest BCUT2D eigenvalue weighted by Crippen LogP contribution is 2.34. The van der Waals surface area contributed by atoms with Crippen molar-refractivity contribution < 1.29 is 0 Å². The lowest BCUT2D eigenvalue weighted by Crippen LogP contribution is -2.49. The van der Waals surface area contributed by atoms with E-state index in [0.717, 1.165) is 13.1 Å². The summed E-state index contributed by atoms with van der Waals surface area (Å²) in [6.07, 6.45) is 1.28. The largest absolute Gasteiger partial charge is 0.330 e. The third kappa shape index (κ3) is 3.74. The van der Waals surface area contributed by atoms with E-state index in [1.165, 1.54) is 26.1 Å². The van der Waals surface area contributed by atoms with Gasteiger partial charge in [0.05, 0.1) is 0 Å². The lowest BCUT2D eigenvalue weighted by Gasteiger charge is -2.43. The summed E-state index contributed by atoms with van der Waals surface area (Å²) in [7, 11) is 4.27. The van der Waals surface area contributed by atoms with Gasteiger partial charge in [-0.1, -0.05) is 13.8 Å². The molecule has 2 N–H and O–H groups in total. The van der Waals surface area contributed by atoms with Crippen LogP contribution < -0.4 is 5.73 Å². The molecule has 0 saturated carbocycles. The van der Waals surface area contributed by atoms with E-state index in [1.807, 2.05) is 0 Å². The Balaban J connectivity index is 2.39. The predicted molar refractivity (Wildman–Crippen MR) is 65.9 cm³/mol. The minimum atomic E-state index is 0.434. The van der Waals surface area contributed by atoms with Gasteiger partial charge in [-0.2, -0.15) is 0 Å². The van der Waals surface area contributed by atoms with Gasteiger partial charge >= 0.3 is 0 Å². The Labute approximate surface area is 94.6 Å². The molecule has 1 heterocycles. The molecule has 0 aromatic carbocycles. The highest BCUT2D eigenvalue weighted by molar-refractivity contribution is 4.87. The number of rotatable bonds is 4. The Morgan fingerprint density at radius 3 is 2.60 bits per heavy atom. The second-order valence-corrected chi connectivity index (χ2v) is 5.78. The normalized spacial score (nSPS) is 27.2. The Kier molecular flexibility index (Phi) is 4.56. The number of nitrogens with two attached hydrogens (primary N) is 1. The summed E-state index contributed by atoms with van der Waals surface area (Å²) in [5, 5.41) is 0. The van der Waals surface area contributed by atoms with Crippen LogP contribution in [0.2, 0.25) is 0 Å². The van der Waals surface area contributed by atoms with Crippen molar-refractivity contribution in [3.05, 3.63) is 0 Å². The van der Waals surface area contributed by atoms with Crippen LogP contribution in [-0.2, 0) is 0 Å². The first-order valence-electron chi connectivity index (χ1n) is 6.03. The van der Waals surface area contributed by atoms with E-state index >= 15 is 0 Å². The highest BCUT2D eigenvalue weighted by Gasteiger charge is 2.34. The fourth-order valence-corrected chi connectivity index (χ4v) is 2.24. The number of nitrogens with zero attached hydrogens (tertiary/aromatic N) is 2. The SMILES string of the molecule is CN(C)CCN1CCC(C)(C)C(CN)C1. The molecule has 1 aliphatic rings. The molecule has 1 unspecified atom stereocenters. The number of piperidine rings is 1. The van der Waals surface area contributed by atoms with E-state index in [4.69, 9.17) is 5.73 Å². The first-order chi connectivity index (χ1) is 6.95. The van der Waals surface area contributed by atoms with Crippen LogP contribution in [-0.4, -0.2) is 56.6 Å². The average Bonchev–Trinajstić information content (AvgIpc) is 2.15. The van der Waals surface area contributed by atoms with Crippen molar-refractivity contribution in [1.82, 2.24) is 9.80 Å². The van der Waals surface area contributed by atoms with Gasteiger partial charge in [0.2, 0.25) is 0 Å². The molecular weight excluding hydrogens is 186 g/mol. The summed E-state index contributed by atoms with van der Waals surface area (Å²) in [4.78, 5) is 4.81. The van der Waals surface area contributed by atoms with Gasteiger partial charge in [-0.25, -0.2) is 0 Å². The first kappa shape index (κ1) is 12.9. The molecule has 1 atom stereocenters. The van der Waals surface area contributed by atoms with E-state index in [1.54, 1.807) is 0 Å². The molecule has 0 aromatic heterocycles. The molecule has 0 spiro atoms. The van der Waals surface area contributed by atoms with Crippen LogP contribution in [0.3, 0.4) is 0 Å². The summed E-state index contributed by atoms with van der Waals surface area (Å²) >= 11 is 0. The van der Waals surface area contributed by atoms with Crippen molar-refractivity contribution in [1.29, 1.82) is 0 Å². The van der Waals surface area contributed by atoms with Gasteiger partial charge in [0.25, 0.3) is 0 Å². The summed E-state index contributed by atoms with van der Waals surface area (Å²) < 4.78 is 0. The molecular formula is C12H27N3. The molecule has 0 radical (unpaired) electrons. The molecule has 1 fully saturated rings. The van der Waals surface area contributed by atoms with Crippen molar-refractivity contribution in [2.45, 2.75) is 20.3 Å². The van der Waals surface area contributed by atoms with Crippen LogP contribution in [0.15, 0.2) is 0 Å². The zero-order valence-electron chi connectivity index (χ0n) is 10.8. The van der Waals surface area contributed by atoms with Gasteiger partial charge < -0.3 is 15.5 Å². The zero-order chi connectivity index (χ0) is 11.5. The molecule has 15 heavy (non-hydrogen) atoms. The Bertz CT molecular complexity index is 187. The van der Waals surface area contributed by atoms with E-state index in [0.29, 0.717) is 11.3 Å². The van der Waals surface area contributed by atoms with Crippen LogP contribution in [0.5, 0.6) is 0 Å². The topological polar surface area (TPSA) is 32.5 Å². The van der Waals surface area contributed by atoms with Gasteiger partial charge in [-0.05, 0) is 44.9 Å². The minimum Gasteiger partial charge on any atom is -0.330 e. The smallest absolute Gasteiger partial charge is 0.0109 e. The zero-order valence-corrected chi connectivity index (χ0v) is 10.8. The van der Waals surface area contributed by atoms with Gasteiger partial charge in [0.15, 0.2) is 0 Å². The molecule has 90 valence electrons. The van der Waals surface area contributed by atoms with Gasteiger partial charge in [-0.15, -0.1) is 0 Å². The monoisotopic (exact) mass is 213 g/mol. The Morgan fingerprint density at radius 2 is 2.07 bits per heavy atom.